The van der Waals surface area contributed by atoms with Crippen LogP contribution in [-0.4, -0.2) is 79.1 Å². The van der Waals surface area contributed by atoms with E-state index in [9.17, 15) is 22.8 Å². The Morgan fingerprint density at radius 3 is 2.41 bits per heavy atom. The molecule has 1 N–H and O–H groups in total. The van der Waals surface area contributed by atoms with Gasteiger partial charge >= 0.3 is 18.2 Å². The molecule has 2 fully saturated rings. The Morgan fingerprint density at radius 1 is 1.02 bits per heavy atom. The van der Waals surface area contributed by atoms with Crippen molar-refractivity contribution in [2.75, 3.05) is 62.2 Å². The number of amides is 2. The predicted molar refractivity (Wildman–Crippen MR) is 163 cm³/mol. The van der Waals surface area contributed by atoms with Gasteiger partial charge < -0.3 is 24.8 Å². The third kappa shape index (κ3) is 6.74. The quantitative estimate of drug-likeness (QED) is 0.318. The molecule has 0 bridgehead atoms. The van der Waals surface area contributed by atoms with Crippen molar-refractivity contribution in [1.82, 2.24) is 20.0 Å². The van der Waals surface area contributed by atoms with Gasteiger partial charge in [0.1, 0.15) is 5.56 Å². The van der Waals surface area contributed by atoms with Crippen molar-refractivity contribution in [3.05, 3.63) is 64.9 Å². The van der Waals surface area contributed by atoms with E-state index >= 15 is 0 Å². The van der Waals surface area contributed by atoms with Crippen LogP contribution in [-0.2, 0) is 10.9 Å². The number of benzene rings is 2. The Morgan fingerprint density at radius 2 is 1.75 bits per heavy atom. The normalized spacial score (nSPS) is 17.5. The number of hydrogen-bond donors (Lipinski definition) is 1. The van der Waals surface area contributed by atoms with E-state index in [0.717, 1.165) is 46.5 Å². The highest BCUT2D eigenvalue weighted by atomic mass is 35.5. The molecule has 2 aromatic carbocycles. The Labute approximate surface area is 259 Å². The first kappa shape index (κ1) is 31.5. The highest BCUT2D eigenvalue weighted by Crippen LogP contribution is 2.39. The molecule has 0 aliphatic carbocycles. The molecule has 1 atom stereocenters. The van der Waals surface area contributed by atoms with Crippen LogP contribution >= 0.6 is 11.6 Å². The standard InChI is InChI=1S/C31H36ClF3N6O3/c1-3-36-30(43)39-16-14-38(15-17-39)23-10-7-21(8-11-23)25-12-9-22(32)18-27(25)40-13-5-6-24(20-40)41-28(31(33,34)35)26(19-37-41)29(42)44-4-2/h7-12,18-19,24H,3-6,13-17,20H2,1-2H3,(H,36,43). The molecular weight excluding hydrogens is 597 g/mol. The van der Waals surface area contributed by atoms with Crippen molar-refractivity contribution in [3.63, 3.8) is 0 Å². The lowest BCUT2D eigenvalue weighted by atomic mass is 9.99. The van der Waals surface area contributed by atoms with Gasteiger partial charge in [-0.2, -0.15) is 18.3 Å². The zero-order valence-corrected chi connectivity index (χ0v) is 25.5. The molecule has 1 aromatic heterocycles. The van der Waals surface area contributed by atoms with Crippen LogP contribution in [0.1, 0.15) is 48.8 Å². The number of urea groups is 1. The fourth-order valence-corrected chi connectivity index (χ4v) is 6.11. The monoisotopic (exact) mass is 632 g/mol. The summed E-state index contributed by atoms with van der Waals surface area (Å²) in [6.07, 6.45) is -2.73. The fourth-order valence-electron chi connectivity index (χ4n) is 5.95. The Hall–Kier alpha value is -3.93. The first-order valence-corrected chi connectivity index (χ1v) is 15.2. The maximum atomic E-state index is 14.2. The number of nitrogens with zero attached hydrogens (tertiary/aromatic N) is 5. The smallest absolute Gasteiger partial charge is 0.433 e. The maximum Gasteiger partial charge on any atom is 0.433 e. The fraction of sp³-hybridized carbons (Fsp3) is 0.452. The number of carbonyl (C=O) groups is 2. The van der Waals surface area contributed by atoms with E-state index in [1.165, 1.54) is 0 Å². The average Bonchev–Trinajstić information content (AvgIpc) is 3.48. The molecule has 1 unspecified atom stereocenters. The summed E-state index contributed by atoms with van der Waals surface area (Å²) in [6, 6.07) is 13.1. The number of aromatic nitrogens is 2. The summed E-state index contributed by atoms with van der Waals surface area (Å²) in [5.74, 6) is -1.04. The van der Waals surface area contributed by atoms with Crippen molar-refractivity contribution >= 4 is 35.0 Å². The second-order valence-electron chi connectivity index (χ2n) is 10.8. The Bertz CT molecular complexity index is 1470. The number of alkyl halides is 3. The summed E-state index contributed by atoms with van der Waals surface area (Å²) in [5, 5.41) is 7.39. The van der Waals surface area contributed by atoms with Gasteiger partial charge in [-0.3, -0.25) is 4.68 Å². The molecule has 44 heavy (non-hydrogen) atoms. The Balaban J connectivity index is 1.36. The first-order valence-electron chi connectivity index (χ1n) is 14.8. The molecule has 0 saturated carbocycles. The number of halogens is 4. The molecule has 236 valence electrons. The molecule has 2 amide bonds. The minimum Gasteiger partial charge on any atom is -0.462 e. The molecule has 0 radical (unpaired) electrons. The molecule has 3 aromatic rings. The third-order valence-corrected chi connectivity index (χ3v) is 8.28. The number of carbonyl (C=O) groups excluding carboxylic acids is 2. The number of piperazine rings is 1. The topological polar surface area (TPSA) is 82.9 Å². The average molecular weight is 633 g/mol. The maximum absolute atomic E-state index is 14.2. The van der Waals surface area contributed by atoms with Crippen molar-refractivity contribution in [1.29, 1.82) is 0 Å². The SMILES string of the molecule is CCNC(=O)N1CCN(c2ccc(-c3ccc(Cl)cc3N3CCCC(n4ncc(C(=O)OCC)c4C(F)(F)F)C3)cc2)CC1. The summed E-state index contributed by atoms with van der Waals surface area (Å²) in [7, 11) is 0. The van der Waals surface area contributed by atoms with Crippen molar-refractivity contribution in [2.24, 2.45) is 0 Å². The Kier molecular flexibility index (Phi) is 9.57. The van der Waals surface area contributed by atoms with E-state index in [1.54, 1.807) is 13.0 Å². The van der Waals surface area contributed by atoms with Gasteiger partial charge in [0, 0.05) is 67.8 Å². The summed E-state index contributed by atoms with van der Waals surface area (Å²) in [4.78, 5) is 30.6. The number of piperidine rings is 1. The minimum atomic E-state index is -4.78. The van der Waals surface area contributed by atoms with Gasteiger partial charge in [-0.15, -0.1) is 0 Å². The van der Waals surface area contributed by atoms with E-state index in [4.69, 9.17) is 16.3 Å². The van der Waals surface area contributed by atoms with Gasteiger partial charge in [-0.05, 0) is 56.5 Å². The van der Waals surface area contributed by atoms with Crippen LogP contribution in [0.4, 0.5) is 29.3 Å². The lowest BCUT2D eigenvalue weighted by Gasteiger charge is -2.37. The first-order chi connectivity index (χ1) is 21.1. The molecule has 3 heterocycles. The lowest BCUT2D eigenvalue weighted by molar-refractivity contribution is -0.145. The van der Waals surface area contributed by atoms with E-state index in [-0.39, 0.29) is 19.2 Å². The molecule has 5 rings (SSSR count). The molecular formula is C31H36ClF3N6O3. The molecule has 2 saturated heterocycles. The molecule has 2 aliphatic heterocycles. The highest BCUT2D eigenvalue weighted by Gasteiger charge is 2.42. The molecule has 9 nitrogen and oxygen atoms in total. The minimum absolute atomic E-state index is 0.0363. The van der Waals surface area contributed by atoms with Crippen LogP contribution in [0.5, 0.6) is 0 Å². The van der Waals surface area contributed by atoms with Crippen LogP contribution in [0.25, 0.3) is 11.1 Å². The van der Waals surface area contributed by atoms with Crippen LogP contribution < -0.4 is 15.1 Å². The number of rotatable bonds is 7. The summed E-state index contributed by atoms with van der Waals surface area (Å²) in [6.45, 7) is 7.62. The molecule has 2 aliphatic rings. The summed E-state index contributed by atoms with van der Waals surface area (Å²) >= 11 is 6.43. The van der Waals surface area contributed by atoms with Gasteiger partial charge in [0.05, 0.1) is 18.8 Å². The summed E-state index contributed by atoms with van der Waals surface area (Å²) < 4.78 is 48.4. The van der Waals surface area contributed by atoms with Gasteiger partial charge in [0.15, 0.2) is 5.69 Å². The van der Waals surface area contributed by atoms with Crippen LogP contribution in [0.2, 0.25) is 5.02 Å². The predicted octanol–water partition coefficient (Wildman–Crippen LogP) is 6.09. The van der Waals surface area contributed by atoms with Gasteiger partial charge in [0.2, 0.25) is 0 Å². The molecule has 0 spiro atoms. The molecule has 13 heteroatoms. The van der Waals surface area contributed by atoms with E-state index in [1.807, 2.05) is 53.1 Å². The number of esters is 1. The van der Waals surface area contributed by atoms with Gasteiger partial charge in [-0.1, -0.05) is 29.8 Å². The number of nitrogens with one attached hydrogen (secondary N) is 1. The van der Waals surface area contributed by atoms with Gasteiger partial charge in [0.25, 0.3) is 0 Å². The number of anilines is 2. The second kappa shape index (κ2) is 13.4. The van der Waals surface area contributed by atoms with Gasteiger partial charge in [-0.25, -0.2) is 9.59 Å². The van der Waals surface area contributed by atoms with E-state index in [0.29, 0.717) is 44.0 Å². The number of hydrogen-bond acceptors (Lipinski definition) is 6. The summed E-state index contributed by atoms with van der Waals surface area (Å²) in [5.41, 5.74) is 2.06. The number of ether oxygens (including phenoxy) is 1. The highest BCUT2D eigenvalue weighted by molar-refractivity contribution is 6.31. The largest absolute Gasteiger partial charge is 0.462 e. The van der Waals surface area contributed by atoms with Crippen LogP contribution in [0.15, 0.2) is 48.7 Å². The van der Waals surface area contributed by atoms with Crippen LogP contribution in [0.3, 0.4) is 0 Å². The lowest BCUT2D eigenvalue weighted by Crippen LogP contribution is -2.51. The van der Waals surface area contributed by atoms with E-state index < -0.39 is 29.4 Å². The zero-order chi connectivity index (χ0) is 31.4. The van der Waals surface area contributed by atoms with Crippen molar-refractivity contribution in [2.45, 2.75) is 38.9 Å². The van der Waals surface area contributed by atoms with Crippen molar-refractivity contribution in [3.8, 4) is 11.1 Å². The van der Waals surface area contributed by atoms with Crippen molar-refractivity contribution < 1.29 is 27.5 Å². The third-order valence-electron chi connectivity index (χ3n) is 8.04. The zero-order valence-electron chi connectivity index (χ0n) is 24.7. The van der Waals surface area contributed by atoms with Crippen LogP contribution in [0, 0.1) is 0 Å². The van der Waals surface area contributed by atoms with E-state index in [2.05, 4.69) is 15.3 Å². The second-order valence-corrected chi connectivity index (χ2v) is 11.3.